The number of hydrogen-bond donors (Lipinski definition) is 1. The highest BCUT2D eigenvalue weighted by Gasteiger charge is 2.38. The summed E-state index contributed by atoms with van der Waals surface area (Å²) in [5, 5.41) is 11.5. The maximum atomic E-state index is 9.13. The van der Waals surface area contributed by atoms with Crippen LogP contribution in [0.4, 0.5) is 5.69 Å². The Kier molecular flexibility index (Phi) is 6.66. The van der Waals surface area contributed by atoms with Crippen LogP contribution in [0.3, 0.4) is 0 Å². The van der Waals surface area contributed by atoms with Crippen LogP contribution in [-0.2, 0) is 10.3 Å². The zero-order valence-electron chi connectivity index (χ0n) is 21.4. The first kappa shape index (κ1) is 24.3. The number of morpholine rings is 1. The van der Waals surface area contributed by atoms with Crippen molar-refractivity contribution >= 4 is 22.5 Å². The van der Waals surface area contributed by atoms with E-state index in [0.717, 1.165) is 47.0 Å². The molecule has 4 aromatic rings. The van der Waals surface area contributed by atoms with Crippen LogP contribution in [0.5, 0.6) is 17.2 Å². The molecule has 6 heteroatoms. The van der Waals surface area contributed by atoms with Gasteiger partial charge in [-0.25, -0.2) is 0 Å². The Morgan fingerprint density at radius 2 is 1.53 bits per heavy atom. The van der Waals surface area contributed by atoms with E-state index in [1.807, 2.05) is 48.5 Å². The molecule has 6 nitrogen and oxygen atoms in total. The van der Waals surface area contributed by atoms with E-state index in [-0.39, 0.29) is 13.2 Å². The minimum atomic E-state index is -0.848. The summed E-state index contributed by atoms with van der Waals surface area (Å²) in [7, 11) is 1.67. The fourth-order valence-electron chi connectivity index (χ4n) is 5.36. The summed E-state index contributed by atoms with van der Waals surface area (Å²) < 4.78 is 23.7. The number of aliphatic hydroxyl groups excluding tert-OH is 1. The average Bonchev–Trinajstić information content (AvgIpc) is 3.00. The first-order valence-corrected chi connectivity index (χ1v) is 13.0. The van der Waals surface area contributed by atoms with Crippen molar-refractivity contribution in [3.63, 3.8) is 0 Å². The third-order valence-electron chi connectivity index (χ3n) is 7.30. The van der Waals surface area contributed by atoms with E-state index in [1.54, 1.807) is 7.11 Å². The van der Waals surface area contributed by atoms with E-state index >= 15 is 0 Å². The van der Waals surface area contributed by atoms with Crippen molar-refractivity contribution in [3.05, 3.63) is 102 Å². The standard InChI is InChI=1S/C32H31NO5/c1-35-25-10-6-23(7-11-25)32(24-8-12-26(13-9-24)37-21-18-34)15-14-29-27-4-2-3-5-28(27)30(22-31(29)38-32)33-16-19-36-20-17-33/h2-15,22,34H,16-21H2,1H3. The van der Waals surface area contributed by atoms with Crippen LogP contribution in [0.1, 0.15) is 16.7 Å². The number of benzene rings is 4. The third-order valence-corrected chi connectivity index (χ3v) is 7.30. The molecule has 1 unspecified atom stereocenters. The molecule has 1 saturated heterocycles. The maximum Gasteiger partial charge on any atom is 0.178 e. The summed E-state index contributed by atoms with van der Waals surface area (Å²) in [5.41, 5.74) is 3.35. The zero-order valence-corrected chi connectivity index (χ0v) is 21.4. The van der Waals surface area contributed by atoms with E-state index in [2.05, 4.69) is 47.4 Å². The van der Waals surface area contributed by atoms with Gasteiger partial charge in [0, 0.05) is 46.9 Å². The molecule has 2 aliphatic rings. The van der Waals surface area contributed by atoms with Gasteiger partial charge in [-0.2, -0.15) is 0 Å². The first-order valence-electron chi connectivity index (χ1n) is 13.0. The van der Waals surface area contributed by atoms with E-state index < -0.39 is 5.60 Å². The van der Waals surface area contributed by atoms with E-state index in [4.69, 9.17) is 24.1 Å². The summed E-state index contributed by atoms with van der Waals surface area (Å²) >= 11 is 0. The zero-order chi connectivity index (χ0) is 26.0. The highest BCUT2D eigenvalue weighted by atomic mass is 16.5. The Morgan fingerprint density at radius 3 is 2.18 bits per heavy atom. The lowest BCUT2D eigenvalue weighted by molar-refractivity contribution is 0.122. The topological polar surface area (TPSA) is 60.4 Å². The van der Waals surface area contributed by atoms with Gasteiger partial charge in [0.2, 0.25) is 0 Å². The Labute approximate surface area is 222 Å². The Bertz CT molecular complexity index is 1440. The lowest BCUT2D eigenvalue weighted by Crippen LogP contribution is -2.37. The summed E-state index contributed by atoms with van der Waals surface area (Å²) in [6, 6.07) is 26.6. The third kappa shape index (κ3) is 4.36. The van der Waals surface area contributed by atoms with Gasteiger partial charge < -0.3 is 29.0 Å². The van der Waals surface area contributed by atoms with Crippen LogP contribution < -0.4 is 19.1 Å². The largest absolute Gasteiger partial charge is 0.497 e. The Balaban J connectivity index is 1.49. The van der Waals surface area contributed by atoms with Gasteiger partial charge in [-0.1, -0.05) is 48.5 Å². The SMILES string of the molecule is COc1ccc(C2(c3ccc(OCCO)cc3)C=Cc3c(cc(N4CCOCC4)c4ccccc34)O2)cc1. The number of aliphatic hydroxyl groups is 1. The van der Waals surface area contributed by atoms with Gasteiger partial charge >= 0.3 is 0 Å². The van der Waals surface area contributed by atoms with Crippen LogP contribution >= 0.6 is 0 Å². The molecule has 0 spiro atoms. The van der Waals surface area contributed by atoms with Crippen molar-refractivity contribution in [1.82, 2.24) is 0 Å². The van der Waals surface area contributed by atoms with Gasteiger partial charge in [-0.15, -0.1) is 0 Å². The average molecular weight is 510 g/mol. The van der Waals surface area contributed by atoms with Crippen LogP contribution in [0.2, 0.25) is 0 Å². The van der Waals surface area contributed by atoms with Gasteiger partial charge in [0.05, 0.1) is 26.9 Å². The molecule has 2 heterocycles. The summed E-state index contributed by atoms with van der Waals surface area (Å²) in [6.07, 6.45) is 4.33. The second kappa shape index (κ2) is 10.4. The molecule has 0 saturated carbocycles. The Hall–Kier alpha value is -4.00. The second-order valence-corrected chi connectivity index (χ2v) is 9.45. The molecule has 6 rings (SSSR count). The quantitative estimate of drug-likeness (QED) is 0.360. The minimum Gasteiger partial charge on any atom is -0.497 e. The lowest BCUT2D eigenvalue weighted by atomic mass is 9.83. The van der Waals surface area contributed by atoms with E-state index in [0.29, 0.717) is 19.0 Å². The van der Waals surface area contributed by atoms with Gasteiger partial charge in [-0.05, 0) is 41.8 Å². The number of methoxy groups -OCH3 is 1. The summed E-state index contributed by atoms with van der Waals surface area (Å²) in [6.45, 7) is 3.35. The maximum absolute atomic E-state index is 9.13. The van der Waals surface area contributed by atoms with E-state index in [1.165, 1.54) is 10.8 Å². The molecule has 38 heavy (non-hydrogen) atoms. The van der Waals surface area contributed by atoms with Crippen LogP contribution in [0.15, 0.2) is 84.9 Å². The van der Waals surface area contributed by atoms with Crippen LogP contribution in [-0.4, -0.2) is 51.7 Å². The van der Waals surface area contributed by atoms with Crippen molar-refractivity contribution in [2.75, 3.05) is 51.5 Å². The Morgan fingerprint density at radius 1 is 0.868 bits per heavy atom. The molecular weight excluding hydrogens is 478 g/mol. The normalized spacial score (nSPS) is 18.6. The van der Waals surface area contributed by atoms with Crippen LogP contribution in [0, 0.1) is 0 Å². The molecule has 1 atom stereocenters. The molecule has 0 aromatic heterocycles. The fourth-order valence-corrected chi connectivity index (χ4v) is 5.36. The molecule has 2 aliphatic heterocycles. The number of ether oxygens (including phenoxy) is 4. The fraction of sp³-hybridized carbons (Fsp3) is 0.250. The van der Waals surface area contributed by atoms with Gasteiger partial charge in [-0.3, -0.25) is 0 Å². The number of nitrogens with zero attached hydrogens (tertiary/aromatic N) is 1. The number of hydrogen-bond acceptors (Lipinski definition) is 6. The predicted molar refractivity (Wildman–Crippen MR) is 149 cm³/mol. The predicted octanol–water partition coefficient (Wildman–Crippen LogP) is 5.41. The molecule has 0 bridgehead atoms. The van der Waals surface area contributed by atoms with Crippen molar-refractivity contribution in [2.45, 2.75) is 5.60 Å². The monoisotopic (exact) mass is 509 g/mol. The number of fused-ring (bicyclic) bond motifs is 3. The van der Waals surface area contributed by atoms with Crippen molar-refractivity contribution < 1.29 is 24.1 Å². The number of anilines is 1. The first-order chi connectivity index (χ1) is 18.7. The molecule has 0 amide bonds. The van der Waals surface area contributed by atoms with E-state index in [9.17, 15) is 0 Å². The van der Waals surface area contributed by atoms with Crippen molar-refractivity contribution in [3.8, 4) is 17.2 Å². The lowest BCUT2D eigenvalue weighted by Gasteiger charge is -2.38. The molecular formula is C32H31NO5. The van der Waals surface area contributed by atoms with Gasteiger partial charge in [0.1, 0.15) is 23.9 Å². The summed E-state index contributed by atoms with van der Waals surface area (Å²) in [4.78, 5) is 2.39. The minimum absolute atomic E-state index is 0.0282. The van der Waals surface area contributed by atoms with Gasteiger partial charge in [0.15, 0.2) is 5.60 Å². The van der Waals surface area contributed by atoms with Crippen molar-refractivity contribution in [2.24, 2.45) is 0 Å². The highest BCUT2D eigenvalue weighted by Crippen LogP contribution is 2.47. The summed E-state index contributed by atoms with van der Waals surface area (Å²) in [5.74, 6) is 2.33. The number of rotatable bonds is 7. The van der Waals surface area contributed by atoms with Crippen molar-refractivity contribution in [1.29, 1.82) is 0 Å². The smallest absolute Gasteiger partial charge is 0.178 e. The molecule has 0 radical (unpaired) electrons. The second-order valence-electron chi connectivity index (χ2n) is 9.45. The highest BCUT2D eigenvalue weighted by molar-refractivity contribution is 6.02. The molecule has 1 N–H and O–H groups in total. The van der Waals surface area contributed by atoms with Crippen LogP contribution in [0.25, 0.3) is 16.8 Å². The molecule has 1 fully saturated rings. The molecule has 194 valence electrons. The van der Waals surface area contributed by atoms with Gasteiger partial charge in [0.25, 0.3) is 0 Å². The molecule has 4 aromatic carbocycles. The molecule has 0 aliphatic carbocycles.